The fourth-order valence-corrected chi connectivity index (χ4v) is 13.6. The summed E-state index contributed by atoms with van der Waals surface area (Å²) in [6.45, 7) is 0. The minimum Gasteiger partial charge on any atom is -0.465 e. The first-order valence-electron chi connectivity index (χ1n) is 24.9. The van der Waals surface area contributed by atoms with Crippen LogP contribution in [0.25, 0.3) is 117 Å². The van der Waals surface area contributed by atoms with Crippen molar-refractivity contribution in [2.45, 2.75) is 0 Å². The van der Waals surface area contributed by atoms with Gasteiger partial charge in [-0.15, -0.1) is 22.7 Å². The van der Waals surface area contributed by atoms with Crippen molar-refractivity contribution in [3.63, 3.8) is 0 Å². The average molecular weight is 1020 g/mol. The van der Waals surface area contributed by atoms with Crippen LogP contribution in [0.2, 0.25) is 0 Å². The predicted octanol–water partition coefficient (Wildman–Crippen LogP) is 19.2. The van der Waals surface area contributed by atoms with Crippen molar-refractivity contribution in [1.82, 2.24) is 0 Å². The van der Waals surface area contributed by atoms with Crippen LogP contribution in [0.1, 0.15) is 20.7 Å². The van der Waals surface area contributed by atoms with Crippen LogP contribution in [0.4, 0.5) is 0 Å². The van der Waals surface area contributed by atoms with Crippen LogP contribution in [-0.4, -0.2) is 26.2 Å². The second kappa shape index (κ2) is 18.2. The van der Waals surface area contributed by atoms with Crippen molar-refractivity contribution < 1.29 is 28.5 Å². The molecule has 0 fully saturated rings. The van der Waals surface area contributed by atoms with E-state index in [1.165, 1.54) is 54.6 Å². The molecular formula is C68H42O6S2. The number of benzene rings is 12. The third-order valence-electron chi connectivity index (χ3n) is 14.7. The highest BCUT2D eigenvalue weighted by Gasteiger charge is 2.24. The molecule has 6 nitrogen and oxygen atoms in total. The topological polar surface area (TPSA) is 71.1 Å². The molecule has 0 saturated heterocycles. The molecule has 362 valence electrons. The molecule has 0 N–H and O–H groups in total. The van der Waals surface area contributed by atoms with Crippen LogP contribution in [0.15, 0.2) is 218 Å². The Hall–Kier alpha value is -9.34. The van der Waals surface area contributed by atoms with Crippen LogP contribution in [-0.2, 0) is 9.47 Å². The minimum absolute atomic E-state index is 0.427. The molecule has 0 bridgehead atoms. The summed E-state index contributed by atoms with van der Waals surface area (Å²) in [5.74, 6) is 1.47. The summed E-state index contributed by atoms with van der Waals surface area (Å²) < 4.78 is 29.9. The van der Waals surface area contributed by atoms with Gasteiger partial charge in [0.25, 0.3) is 0 Å². The zero-order valence-electron chi connectivity index (χ0n) is 41.1. The normalized spacial score (nSPS) is 11.7. The monoisotopic (exact) mass is 1020 g/mol. The van der Waals surface area contributed by atoms with Gasteiger partial charge in [0.1, 0.15) is 23.0 Å². The number of ether oxygens (including phenoxy) is 4. The van der Waals surface area contributed by atoms with Gasteiger partial charge >= 0.3 is 11.9 Å². The van der Waals surface area contributed by atoms with Gasteiger partial charge in [-0.25, -0.2) is 9.59 Å². The Balaban J connectivity index is 1.03. The van der Waals surface area contributed by atoms with E-state index in [0.717, 1.165) is 65.7 Å². The quantitative estimate of drug-likeness (QED) is 0.134. The first-order valence-corrected chi connectivity index (χ1v) is 26.6. The minimum atomic E-state index is -0.427. The molecule has 0 saturated carbocycles. The van der Waals surface area contributed by atoms with E-state index in [2.05, 4.69) is 133 Å². The van der Waals surface area contributed by atoms with Gasteiger partial charge in [0.15, 0.2) is 0 Å². The van der Waals surface area contributed by atoms with Gasteiger partial charge in [-0.05, 0) is 115 Å². The molecule has 14 rings (SSSR count). The Labute approximate surface area is 444 Å². The second-order valence-corrected chi connectivity index (χ2v) is 20.9. The van der Waals surface area contributed by atoms with Crippen molar-refractivity contribution in [1.29, 1.82) is 0 Å². The molecule has 0 unspecified atom stereocenters. The van der Waals surface area contributed by atoms with E-state index in [4.69, 9.17) is 18.9 Å². The van der Waals surface area contributed by atoms with E-state index < -0.39 is 11.9 Å². The SMILES string of the molecule is COC(=O)c1ccc(Oc2ccc3cc(-c4cccc5c4sc4ccccc45)ccc3c2-c2c(Oc3ccc(C(=O)OC)c4ccccc34)ccc3cc(-c4cccc5c4sc4ccccc45)ccc23)c2ccccc12. The molecule has 76 heavy (non-hydrogen) atoms. The highest BCUT2D eigenvalue weighted by Crippen LogP contribution is 2.51. The lowest BCUT2D eigenvalue weighted by atomic mass is 9.89. The summed E-state index contributed by atoms with van der Waals surface area (Å²) >= 11 is 3.63. The zero-order chi connectivity index (χ0) is 51.0. The smallest absolute Gasteiger partial charge is 0.338 e. The van der Waals surface area contributed by atoms with Gasteiger partial charge in [0.05, 0.1) is 25.3 Å². The highest BCUT2D eigenvalue weighted by atomic mass is 32.1. The maximum atomic E-state index is 13.1. The molecule has 0 aliphatic rings. The Kier molecular flexibility index (Phi) is 10.9. The zero-order valence-corrected chi connectivity index (χ0v) is 42.7. The summed E-state index contributed by atoms with van der Waals surface area (Å²) in [6, 6.07) is 74.7. The van der Waals surface area contributed by atoms with Crippen LogP contribution in [0, 0.1) is 0 Å². The van der Waals surface area contributed by atoms with Gasteiger partial charge in [-0.2, -0.15) is 0 Å². The predicted molar refractivity (Wildman–Crippen MR) is 314 cm³/mol. The molecule has 0 aliphatic heterocycles. The number of carbonyl (C=O) groups is 2. The molecule has 0 spiro atoms. The fraction of sp³-hybridized carbons (Fsp3) is 0.0294. The van der Waals surface area contributed by atoms with Crippen LogP contribution in [0.5, 0.6) is 23.0 Å². The van der Waals surface area contributed by atoms with Gasteiger partial charge in [-0.3, -0.25) is 0 Å². The van der Waals surface area contributed by atoms with Crippen molar-refractivity contribution in [2.75, 3.05) is 14.2 Å². The summed E-state index contributed by atoms with van der Waals surface area (Å²) in [6.07, 6.45) is 0. The Morgan fingerprint density at radius 1 is 0.329 bits per heavy atom. The molecule has 12 aromatic carbocycles. The van der Waals surface area contributed by atoms with E-state index >= 15 is 0 Å². The fourth-order valence-electron chi connectivity index (χ4n) is 11.1. The molecule has 0 atom stereocenters. The number of thiophene rings is 2. The third-order valence-corrected chi connectivity index (χ3v) is 17.1. The largest absolute Gasteiger partial charge is 0.465 e. The molecule has 0 radical (unpaired) electrons. The lowest BCUT2D eigenvalue weighted by Crippen LogP contribution is -2.03. The lowest BCUT2D eigenvalue weighted by molar-refractivity contribution is 0.0594. The first kappa shape index (κ1) is 45.3. The molecular weight excluding hydrogens is 977 g/mol. The molecule has 2 aromatic heterocycles. The van der Waals surface area contributed by atoms with Crippen LogP contribution >= 0.6 is 22.7 Å². The van der Waals surface area contributed by atoms with Gasteiger partial charge in [0.2, 0.25) is 0 Å². The number of carbonyl (C=O) groups excluding carboxylic acids is 2. The third kappa shape index (κ3) is 7.36. The van der Waals surface area contributed by atoms with Crippen molar-refractivity contribution in [3.8, 4) is 56.4 Å². The van der Waals surface area contributed by atoms with E-state index in [-0.39, 0.29) is 0 Å². The Bertz CT molecular complexity index is 4440. The maximum Gasteiger partial charge on any atom is 0.338 e. The summed E-state index contributed by atoms with van der Waals surface area (Å²) in [7, 11) is 2.79. The Morgan fingerprint density at radius 3 is 1.14 bits per heavy atom. The highest BCUT2D eigenvalue weighted by molar-refractivity contribution is 7.26. The number of fused-ring (bicyclic) bond motifs is 10. The second-order valence-electron chi connectivity index (χ2n) is 18.8. The molecule has 0 amide bonds. The number of rotatable bonds is 9. The van der Waals surface area contributed by atoms with Gasteiger partial charge in [-0.1, -0.05) is 158 Å². The molecule has 0 aliphatic carbocycles. The number of methoxy groups -OCH3 is 2. The van der Waals surface area contributed by atoms with E-state index in [0.29, 0.717) is 44.9 Å². The number of hydrogen-bond donors (Lipinski definition) is 0. The molecule has 14 aromatic rings. The summed E-state index contributed by atoms with van der Waals surface area (Å²) in [5, 5.41) is 11.8. The van der Waals surface area contributed by atoms with Crippen molar-refractivity contribution in [3.05, 3.63) is 230 Å². The van der Waals surface area contributed by atoms with E-state index in [1.807, 2.05) is 95.5 Å². The maximum absolute atomic E-state index is 13.1. The first-order chi connectivity index (χ1) is 37.4. The molecule has 2 heterocycles. The molecule has 8 heteroatoms. The lowest BCUT2D eigenvalue weighted by Gasteiger charge is -2.21. The average Bonchev–Trinajstić information content (AvgIpc) is 4.11. The number of hydrogen-bond acceptors (Lipinski definition) is 8. The van der Waals surface area contributed by atoms with Crippen LogP contribution in [0.3, 0.4) is 0 Å². The summed E-state index contributed by atoms with van der Waals surface area (Å²) in [4.78, 5) is 26.2. The number of esters is 2. The van der Waals surface area contributed by atoms with E-state index in [1.54, 1.807) is 12.1 Å². The van der Waals surface area contributed by atoms with E-state index in [9.17, 15) is 9.59 Å². The van der Waals surface area contributed by atoms with Gasteiger partial charge < -0.3 is 18.9 Å². The van der Waals surface area contributed by atoms with Gasteiger partial charge in [0, 0.05) is 62.2 Å². The van der Waals surface area contributed by atoms with Crippen molar-refractivity contribution in [2.24, 2.45) is 0 Å². The standard InChI is InChI=1S/C68H42O6S2/c1-71-67(69)55-31-35-57(49-15-5-3-13-47(49)55)73-59-33-27-39-37-41(45-19-11-21-53-51-17-7-9-23-61(51)75-65(45)53)25-29-43(39)63(59)64-44-30-26-42(46-20-12-22-54-52-18-8-10-24-62(52)76-66(46)54)38-40(44)28-34-60(64)74-58-36-32-56(68(70)72-2)48-14-4-6-16-50(48)58/h3-38H,1-2H3. The van der Waals surface area contributed by atoms with Crippen molar-refractivity contribution >= 4 is 118 Å². The Morgan fingerprint density at radius 2 is 0.711 bits per heavy atom. The summed E-state index contributed by atoms with van der Waals surface area (Å²) in [5.41, 5.74) is 7.06. The van der Waals surface area contributed by atoms with Crippen LogP contribution < -0.4 is 9.47 Å².